The first-order chi connectivity index (χ1) is 17.4. The number of hydrogen-bond donors (Lipinski definition) is 5. The molecule has 1 aromatic carbocycles. The molecule has 10 heteroatoms. The largest absolute Gasteiger partial charge is 0.508 e. The molecule has 6 N–H and O–H groups in total. The number of ketones is 2. The second kappa shape index (κ2) is 8.25. The molecule has 10 nitrogen and oxygen atoms in total. The average Bonchev–Trinajstić information content (AvgIpc) is 2.82. The molecule has 3 aliphatic carbocycles. The van der Waals surface area contributed by atoms with Crippen LogP contribution in [-0.2, 0) is 20.8 Å². The highest BCUT2D eigenvalue weighted by atomic mass is 16.3. The quantitative estimate of drug-likeness (QED) is 0.386. The van der Waals surface area contributed by atoms with E-state index < -0.39 is 58.0 Å². The number of carbonyl (C=O) groups is 3. The van der Waals surface area contributed by atoms with Gasteiger partial charge in [-0.2, -0.15) is 0 Å². The molecule has 192 valence electrons. The summed E-state index contributed by atoms with van der Waals surface area (Å²) in [6, 6.07) is 3.84. The van der Waals surface area contributed by atoms with Gasteiger partial charge in [-0.25, -0.2) is 0 Å². The third-order valence-corrected chi connectivity index (χ3v) is 7.93. The molecule has 0 radical (unpaired) electrons. The van der Waals surface area contributed by atoms with Crippen LogP contribution in [-0.4, -0.2) is 73.5 Å². The molecule has 0 bridgehead atoms. The third-order valence-electron chi connectivity index (χ3n) is 7.93. The molecule has 1 aromatic heterocycles. The number of hydrogen-bond acceptors (Lipinski definition) is 9. The number of rotatable bonds is 3. The summed E-state index contributed by atoms with van der Waals surface area (Å²) in [7, 11) is 3.13. The number of Topliss-reactive ketones (excluding diaryl/α,β-unsaturated/α-hetero) is 2. The van der Waals surface area contributed by atoms with Crippen molar-refractivity contribution in [1.29, 1.82) is 0 Å². The number of benzene rings is 1. The summed E-state index contributed by atoms with van der Waals surface area (Å²) >= 11 is 0. The Balaban J connectivity index is 1.76. The molecule has 1 amide bonds. The fraction of sp³-hybridized carbons (Fsp3) is 0.333. The van der Waals surface area contributed by atoms with Gasteiger partial charge in [0.25, 0.3) is 5.91 Å². The third kappa shape index (κ3) is 3.25. The number of nitrogens with two attached hydrogens (primary N) is 1. The number of primary amides is 1. The predicted octanol–water partition coefficient (Wildman–Crippen LogP) is 1.33. The Bertz CT molecular complexity index is 1460. The number of phenolic OH excluding ortho intramolecular Hbond substituents is 1. The van der Waals surface area contributed by atoms with Crippen LogP contribution in [0.15, 0.2) is 47.5 Å². The molecule has 37 heavy (non-hydrogen) atoms. The number of aliphatic hydroxyl groups is 3. The monoisotopic (exact) mass is 505 g/mol. The van der Waals surface area contributed by atoms with Crippen LogP contribution in [0.3, 0.4) is 0 Å². The van der Waals surface area contributed by atoms with Gasteiger partial charge >= 0.3 is 0 Å². The van der Waals surface area contributed by atoms with Crippen molar-refractivity contribution in [2.45, 2.75) is 31.4 Å². The number of aromatic hydroxyl groups is 1. The summed E-state index contributed by atoms with van der Waals surface area (Å²) in [6.07, 6.45) is 3.59. The molecule has 0 aliphatic heterocycles. The fourth-order valence-corrected chi connectivity index (χ4v) is 6.24. The fourth-order valence-electron chi connectivity index (χ4n) is 6.24. The number of amides is 1. The number of aliphatic hydroxyl groups excluding tert-OH is 2. The van der Waals surface area contributed by atoms with Crippen molar-refractivity contribution in [3.8, 4) is 16.9 Å². The highest BCUT2D eigenvalue weighted by Crippen LogP contribution is 2.53. The van der Waals surface area contributed by atoms with Crippen molar-refractivity contribution in [3.05, 3.63) is 64.2 Å². The maximum Gasteiger partial charge on any atom is 0.255 e. The van der Waals surface area contributed by atoms with Gasteiger partial charge in [-0.15, -0.1) is 0 Å². The first kappa shape index (κ1) is 24.7. The Morgan fingerprint density at radius 3 is 2.46 bits per heavy atom. The SMILES string of the molecule is Cc1ccncc1-c1ccc(O)c2c1C[C@H]1C[C@H]3[C@H](N(C)C)C(=O)C(C(N)=O)=C(O)[C@@]3(O)C(=O)C1=C2O. The van der Waals surface area contributed by atoms with Gasteiger partial charge in [-0.3, -0.25) is 24.3 Å². The van der Waals surface area contributed by atoms with Crippen molar-refractivity contribution < 1.29 is 34.8 Å². The number of phenols is 1. The van der Waals surface area contributed by atoms with E-state index in [-0.39, 0.29) is 29.7 Å². The molecule has 1 saturated carbocycles. The van der Waals surface area contributed by atoms with Gasteiger partial charge in [0.05, 0.1) is 11.6 Å². The maximum absolute atomic E-state index is 13.9. The molecule has 4 atom stereocenters. The number of fused-ring (bicyclic) bond motifs is 3. The zero-order chi connectivity index (χ0) is 27.0. The maximum atomic E-state index is 13.9. The van der Waals surface area contributed by atoms with E-state index >= 15 is 0 Å². The summed E-state index contributed by atoms with van der Waals surface area (Å²) in [5.74, 6) is -6.71. The van der Waals surface area contributed by atoms with Crippen molar-refractivity contribution >= 4 is 23.2 Å². The van der Waals surface area contributed by atoms with Crippen molar-refractivity contribution in [1.82, 2.24) is 9.88 Å². The van der Waals surface area contributed by atoms with Crippen molar-refractivity contribution in [3.63, 3.8) is 0 Å². The summed E-state index contributed by atoms with van der Waals surface area (Å²) < 4.78 is 0. The van der Waals surface area contributed by atoms with E-state index in [9.17, 15) is 34.8 Å². The molecule has 1 fully saturated rings. The summed E-state index contributed by atoms with van der Waals surface area (Å²) in [4.78, 5) is 44.8. The lowest BCUT2D eigenvalue weighted by atomic mass is 9.57. The molecule has 3 aliphatic rings. The van der Waals surface area contributed by atoms with Crippen LogP contribution in [0.5, 0.6) is 5.75 Å². The molecule has 0 saturated heterocycles. The van der Waals surface area contributed by atoms with Crippen LogP contribution in [0.25, 0.3) is 16.9 Å². The Kier molecular flexibility index (Phi) is 5.50. The van der Waals surface area contributed by atoms with E-state index in [0.717, 1.165) is 16.7 Å². The highest BCUT2D eigenvalue weighted by molar-refractivity contribution is 6.24. The average molecular weight is 506 g/mol. The van der Waals surface area contributed by atoms with E-state index in [1.54, 1.807) is 32.6 Å². The Morgan fingerprint density at radius 1 is 1.14 bits per heavy atom. The van der Waals surface area contributed by atoms with Crippen LogP contribution in [0.1, 0.15) is 23.1 Å². The molecular formula is C27H27N3O7. The van der Waals surface area contributed by atoms with Gasteiger partial charge in [-0.05, 0) is 68.6 Å². The lowest BCUT2D eigenvalue weighted by Crippen LogP contribution is -2.65. The van der Waals surface area contributed by atoms with Crippen LogP contribution >= 0.6 is 0 Å². The normalized spacial score (nSPS) is 27.2. The lowest BCUT2D eigenvalue weighted by Gasteiger charge is -2.50. The second-order valence-corrected chi connectivity index (χ2v) is 10.1. The van der Waals surface area contributed by atoms with Gasteiger partial charge < -0.3 is 26.2 Å². The van der Waals surface area contributed by atoms with Crippen molar-refractivity contribution in [2.75, 3.05) is 14.1 Å². The summed E-state index contributed by atoms with van der Waals surface area (Å²) in [5, 5.41) is 44.6. The Hall–Kier alpha value is -4.02. The Morgan fingerprint density at radius 2 is 1.84 bits per heavy atom. The van der Waals surface area contributed by atoms with Crippen LogP contribution in [0, 0.1) is 18.8 Å². The first-order valence-electron chi connectivity index (χ1n) is 11.8. The number of aromatic nitrogens is 1. The van der Waals surface area contributed by atoms with E-state index in [1.165, 1.54) is 11.0 Å². The predicted molar refractivity (Wildman–Crippen MR) is 132 cm³/mol. The van der Waals surface area contributed by atoms with Crippen molar-refractivity contribution in [2.24, 2.45) is 17.6 Å². The number of carbonyl (C=O) groups excluding carboxylic acids is 3. The first-order valence-corrected chi connectivity index (χ1v) is 11.8. The number of nitrogens with zero attached hydrogens (tertiary/aromatic N) is 2. The van der Waals surface area contributed by atoms with Gasteiger partial charge in [0.15, 0.2) is 11.4 Å². The molecule has 0 spiro atoms. The van der Waals surface area contributed by atoms with Gasteiger partial charge in [0, 0.05) is 29.4 Å². The number of pyridine rings is 1. The molecule has 0 unspecified atom stereocenters. The number of likely N-dealkylation sites (N-methyl/N-ethyl adjacent to an activating group) is 1. The zero-order valence-corrected chi connectivity index (χ0v) is 20.5. The van der Waals surface area contributed by atoms with E-state index in [1.807, 2.05) is 13.0 Å². The van der Waals surface area contributed by atoms with Crippen LogP contribution < -0.4 is 5.73 Å². The van der Waals surface area contributed by atoms with E-state index in [4.69, 9.17) is 5.73 Å². The second-order valence-electron chi connectivity index (χ2n) is 10.1. The minimum Gasteiger partial charge on any atom is -0.508 e. The minimum atomic E-state index is -2.66. The minimum absolute atomic E-state index is 0.0346. The van der Waals surface area contributed by atoms with Gasteiger partial charge in [-0.1, -0.05) is 6.07 Å². The molecule has 5 rings (SSSR count). The lowest BCUT2D eigenvalue weighted by molar-refractivity contribution is -0.153. The molecule has 1 heterocycles. The summed E-state index contributed by atoms with van der Waals surface area (Å²) in [6.45, 7) is 1.91. The standard InChI is InChI=1S/C27H27N3O7/c1-11-6-7-29-10-15(11)13-4-5-17(31)19-14(13)8-12-9-16-21(30(2)3)23(33)20(26(28)36)25(35)27(16,37)24(34)18(12)22(19)32/h4-7,10,12,16,21,31-32,35,37H,8-9H2,1-3H3,(H2,28,36)/t12-,16-,21-,27-/m0/s1. The van der Waals surface area contributed by atoms with Gasteiger partial charge in [0.1, 0.15) is 22.8 Å². The van der Waals surface area contributed by atoms with Crippen LogP contribution in [0.4, 0.5) is 0 Å². The molecular weight excluding hydrogens is 478 g/mol. The van der Waals surface area contributed by atoms with Crippen LogP contribution in [0.2, 0.25) is 0 Å². The zero-order valence-electron chi connectivity index (χ0n) is 20.5. The smallest absolute Gasteiger partial charge is 0.255 e. The summed E-state index contributed by atoms with van der Waals surface area (Å²) in [5.41, 5.74) is 4.76. The topological polar surface area (TPSA) is 174 Å². The van der Waals surface area contributed by atoms with E-state index in [2.05, 4.69) is 4.98 Å². The number of aryl methyl sites for hydroxylation is 1. The van der Waals surface area contributed by atoms with E-state index in [0.29, 0.717) is 5.56 Å². The highest BCUT2D eigenvalue weighted by Gasteiger charge is 2.64. The van der Waals surface area contributed by atoms with Gasteiger partial charge in [0.2, 0.25) is 5.78 Å². The Labute approximate surface area is 212 Å². The molecule has 2 aromatic rings.